The summed E-state index contributed by atoms with van der Waals surface area (Å²) in [6, 6.07) is 16.9. The highest BCUT2D eigenvalue weighted by atomic mass is 32.2. The highest BCUT2D eigenvalue weighted by Gasteiger charge is 2.42. The van der Waals surface area contributed by atoms with Crippen LogP contribution in [-0.2, 0) is 31.0 Å². The molecule has 1 atom stereocenters. The second-order valence-electron chi connectivity index (χ2n) is 8.95. The van der Waals surface area contributed by atoms with Gasteiger partial charge in [-0.1, -0.05) is 42.0 Å². The van der Waals surface area contributed by atoms with Crippen LogP contribution in [0.25, 0.3) is 0 Å². The molecule has 3 aromatic rings. The number of aryl methyl sites for hydroxylation is 2. The summed E-state index contributed by atoms with van der Waals surface area (Å²) in [7, 11) is -4.23. The number of hydrogen-bond donors (Lipinski definition) is 3. The Morgan fingerprint density at radius 3 is 2.38 bits per heavy atom. The van der Waals surface area contributed by atoms with Crippen molar-refractivity contribution < 1.29 is 22.8 Å². The Kier molecular flexibility index (Phi) is 7.30. The van der Waals surface area contributed by atoms with Crippen molar-refractivity contribution in [3.05, 3.63) is 83.4 Å². The van der Waals surface area contributed by atoms with Crippen molar-refractivity contribution in [3.8, 4) is 0 Å². The molecule has 1 heterocycles. The van der Waals surface area contributed by atoms with E-state index in [4.69, 9.17) is 0 Å². The van der Waals surface area contributed by atoms with Crippen LogP contribution in [0.15, 0.2) is 71.6 Å². The molecule has 10 heteroatoms. The van der Waals surface area contributed by atoms with Crippen LogP contribution in [0.1, 0.15) is 30.0 Å². The Morgan fingerprint density at radius 2 is 1.70 bits per heavy atom. The molecule has 0 unspecified atom stereocenters. The van der Waals surface area contributed by atoms with Gasteiger partial charge < -0.3 is 16.0 Å². The van der Waals surface area contributed by atoms with E-state index in [1.807, 2.05) is 26.0 Å². The molecule has 3 amide bonds. The average Bonchev–Trinajstić information content (AvgIpc) is 2.85. The second-order valence-corrected chi connectivity index (χ2v) is 10.8. The van der Waals surface area contributed by atoms with Gasteiger partial charge in [0, 0.05) is 19.2 Å². The molecule has 0 saturated carbocycles. The van der Waals surface area contributed by atoms with E-state index < -0.39 is 27.9 Å². The molecule has 0 radical (unpaired) electrons. The lowest BCUT2D eigenvalue weighted by atomic mass is 10.1. The van der Waals surface area contributed by atoms with E-state index in [2.05, 4.69) is 16.0 Å². The van der Waals surface area contributed by atoms with Gasteiger partial charge in [-0.3, -0.25) is 18.7 Å². The third kappa shape index (κ3) is 5.64. The number of nitrogens with zero attached hydrogens (tertiary/aromatic N) is 1. The van der Waals surface area contributed by atoms with Gasteiger partial charge in [0.2, 0.25) is 17.7 Å². The van der Waals surface area contributed by atoms with E-state index in [1.165, 1.54) is 19.1 Å². The summed E-state index contributed by atoms with van der Waals surface area (Å²) in [6.07, 6.45) is -0.382. The molecule has 1 aliphatic heterocycles. The summed E-state index contributed by atoms with van der Waals surface area (Å²) >= 11 is 0. The summed E-state index contributed by atoms with van der Waals surface area (Å²) in [6.45, 7) is 5.45. The van der Waals surface area contributed by atoms with Crippen molar-refractivity contribution >= 4 is 44.8 Å². The molecule has 3 aromatic carbocycles. The van der Waals surface area contributed by atoms with Gasteiger partial charge in [0.15, 0.2) is 0 Å². The number of nitrogens with one attached hydrogen (secondary N) is 3. The van der Waals surface area contributed by atoms with E-state index in [0.717, 1.165) is 21.0 Å². The Balaban J connectivity index is 1.66. The first kappa shape index (κ1) is 25.9. The number of anilines is 3. The van der Waals surface area contributed by atoms with Crippen LogP contribution in [-0.4, -0.2) is 32.2 Å². The first-order valence-electron chi connectivity index (χ1n) is 11.7. The minimum Gasteiger partial charge on any atom is -0.352 e. The summed E-state index contributed by atoms with van der Waals surface area (Å²) in [5.41, 5.74) is 3.82. The molecule has 0 fully saturated rings. The number of fused-ring (bicyclic) bond motifs is 1. The minimum absolute atomic E-state index is 0.0386. The Hall–Kier alpha value is -4.18. The molecular weight excluding hydrogens is 492 g/mol. The van der Waals surface area contributed by atoms with Gasteiger partial charge in [0.1, 0.15) is 6.04 Å². The van der Waals surface area contributed by atoms with Crippen LogP contribution < -0.4 is 20.3 Å². The third-order valence-electron chi connectivity index (χ3n) is 6.04. The third-order valence-corrected chi connectivity index (χ3v) is 7.88. The zero-order valence-electron chi connectivity index (χ0n) is 20.7. The smallest absolute Gasteiger partial charge is 0.265 e. The van der Waals surface area contributed by atoms with Crippen LogP contribution in [0.4, 0.5) is 17.1 Å². The van der Waals surface area contributed by atoms with Gasteiger partial charge in [0.25, 0.3) is 10.0 Å². The van der Waals surface area contributed by atoms with Gasteiger partial charge in [0.05, 0.1) is 22.7 Å². The average molecular weight is 521 g/mol. The molecular formula is C27H28N4O5S. The van der Waals surface area contributed by atoms with E-state index in [-0.39, 0.29) is 29.5 Å². The van der Waals surface area contributed by atoms with Gasteiger partial charge >= 0.3 is 0 Å². The van der Waals surface area contributed by atoms with Crippen LogP contribution in [0.5, 0.6) is 0 Å². The van der Waals surface area contributed by atoms with Crippen LogP contribution in [0.2, 0.25) is 0 Å². The number of carbonyl (C=O) groups is 3. The van der Waals surface area contributed by atoms with E-state index in [9.17, 15) is 22.8 Å². The lowest BCUT2D eigenvalue weighted by Crippen LogP contribution is -2.52. The maximum absolute atomic E-state index is 13.9. The van der Waals surface area contributed by atoms with E-state index in [0.29, 0.717) is 11.4 Å². The first-order chi connectivity index (χ1) is 17.6. The maximum atomic E-state index is 13.9. The normalized spacial score (nSPS) is 14.9. The zero-order chi connectivity index (χ0) is 26.7. The number of hydrogen-bond acceptors (Lipinski definition) is 5. The summed E-state index contributed by atoms with van der Waals surface area (Å²) in [4.78, 5) is 37.3. The fraction of sp³-hybridized carbons (Fsp3) is 0.222. The van der Waals surface area contributed by atoms with Crippen molar-refractivity contribution in [3.63, 3.8) is 0 Å². The van der Waals surface area contributed by atoms with Crippen LogP contribution >= 0.6 is 0 Å². The maximum Gasteiger partial charge on any atom is 0.265 e. The molecule has 3 N–H and O–H groups in total. The number of benzene rings is 3. The molecule has 4 rings (SSSR count). The van der Waals surface area contributed by atoms with Gasteiger partial charge in [-0.2, -0.15) is 0 Å². The Labute approximate surface area is 215 Å². The zero-order valence-corrected chi connectivity index (χ0v) is 21.6. The molecule has 9 nitrogen and oxygen atoms in total. The lowest BCUT2D eigenvalue weighted by Gasteiger charge is -2.36. The molecule has 0 aliphatic carbocycles. The summed E-state index contributed by atoms with van der Waals surface area (Å²) < 4.78 is 28.7. The van der Waals surface area contributed by atoms with Gasteiger partial charge in [-0.05, 0) is 55.3 Å². The topological polar surface area (TPSA) is 125 Å². The second kappa shape index (κ2) is 10.4. The van der Waals surface area contributed by atoms with Crippen molar-refractivity contribution in [2.24, 2.45) is 0 Å². The number of amides is 3. The number of rotatable bonds is 7. The standard InChI is InChI=1S/C27H28N4O5S/c1-17-8-13-22(18(2)14-17)29-26(33)15-25-27(34)30-23-6-4-5-7-24(23)31(25)37(35,36)21-11-9-20(10-12-21)16-28-19(3)32/h4-14,25H,15-16H2,1-3H3,(H,28,32)(H,29,33)(H,30,34)/t25-/m0/s1. The quantitative estimate of drug-likeness (QED) is 0.440. The lowest BCUT2D eigenvalue weighted by molar-refractivity contribution is -0.122. The fourth-order valence-corrected chi connectivity index (χ4v) is 5.82. The van der Waals surface area contributed by atoms with Gasteiger partial charge in [-0.15, -0.1) is 0 Å². The van der Waals surface area contributed by atoms with Crippen LogP contribution in [0.3, 0.4) is 0 Å². The minimum atomic E-state index is -4.23. The molecule has 0 saturated heterocycles. The Morgan fingerprint density at radius 1 is 1.00 bits per heavy atom. The van der Waals surface area contributed by atoms with E-state index >= 15 is 0 Å². The monoisotopic (exact) mass is 520 g/mol. The predicted octanol–water partition coefficient (Wildman–Crippen LogP) is 3.48. The molecule has 192 valence electrons. The van der Waals surface area contributed by atoms with E-state index in [1.54, 1.807) is 42.5 Å². The summed E-state index contributed by atoms with van der Waals surface area (Å²) in [5, 5.41) is 8.18. The Bertz CT molecular complexity index is 1470. The van der Waals surface area contributed by atoms with Crippen molar-refractivity contribution in [2.45, 2.75) is 44.7 Å². The number of para-hydroxylation sites is 2. The predicted molar refractivity (Wildman–Crippen MR) is 142 cm³/mol. The van der Waals surface area contributed by atoms with Crippen molar-refractivity contribution in [2.75, 3.05) is 14.9 Å². The number of sulfonamides is 1. The molecule has 37 heavy (non-hydrogen) atoms. The largest absolute Gasteiger partial charge is 0.352 e. The highest BCUT2D eigenvalue weighted by molar-refractivity contribution is 7.93. The fourth-order valence-electron chi connectivity index (χ4n) is 4.18. The van der Waals surface area contributed by atoms with Crippen molar-refractivity contribution in [1.82, 2.24) is 5.32 Å². The van der Waals surface area contributed by atoms with Gasteiger partial charge in [-0.25, -0.2) is 8.42 Å². The molecule has 1 aliphatic rings. The SMILES string of the molecule is CC(=O)NCc1ccc(S(=O)(=O)N2c3ccccc3NC(=O)[C@@H]2CC(=O)Nc2ccc(C)cc2C)cc1. The first-order valence-corrected chi connectivity index (χ1v) is 13.1. The molecule has 0 spiro atoms. The molecule has 0 aromatic heterocycles. The molecule has 0 bridgehead atoms. The highest BCUT2D eigenvalue weighted by Crippen LogP contribution is 2.37. The summed E-state index contributed by atoms with van der Waals surface area (Å²) in [5.74, 6) is -1.28. The van der Waals surface area contributed by atoms with Crippen molar-refractivity contribution in [1.29, 1.82) is 0 Å². The van der Waals surface area contributed by atoms with Crippen LogP contribution in [0, 0.1) is 13.8 Å². The number of carbonyl (C=O) groups excluding carboxylic acids is 3.